The predicted molar refractivity (Wildman–Crippen MR) is 58.1 cm³/mol. The van der Waals surface area contributed by atoms with Gasteiger partial charge in [0.15, 0.2) is 5.78 Å². The average Bonchev–Trinajstić information content (AvgIpc) is 2.29. The summed E-state index contributed by atoms with van der Waals surface area (Å²) in [5.41, 5.74) is 5.26. The summed E-state index contributed by atoms with van der Waals surface area (Å²) in [6.45, 7) is 8.54. The Morgan fingerprint density at radius 1 is 1.23 bits per heavy atom. The van der Waals surface area contributed by atoms with Crippen molar-refractivity contribution in [3.63, 3.8) is 0 Å². The molecule has 0 radical (unpaired) electrons. The number of ketones is 1. The Balaban J connectivity index is 2.85. The Hall–Kier alpha value is -0.813. The van der Waals surface area contributed by atoms with Crippen LogP contribution in [0.25, 0.3) is 0 Å². The highest BCUT2D eigenvalue weighted by molar-refractivity contribution is 6.83. The van der Waals surface area contributed by atoms with E-state index in [2.05, 4.69) is 31.1 Å². The van der Waals surface area contributed by atoms with Gasteiger partial charge in [0.1, 0.15) is 8.07 Å². The first kappa shape index (κ1) is 10.3. The van der Waals surface area contributed by atoms with Crippen LogP contribution in [-0.2, 0) is 4.79 Å². The third-order valence-electron chi connectivity index (χ3n) is 2.06. The maximum atomic E-state index is 11.2. The fourth-order valence-electron chi connectivity index (χ4n) is 1.20. The van der Waals surface area contributed by atoms with Crippen molar-refractivity contribution in [2.45, 2.75) is 39.4 Å². The summed E-state index contributed by atoms with van der Waals surface area (Å²) in [6.07, 6.45) is 1.53. The molecule has 1 aliphatic carbocycles. The summed E-state index contributed by atoms with van der Waals surface area (Å²) >= 11 is 0. The summed E-state index contributed by atoms with van der Waals surface area (Å²) < 4.78 is 0. The Morgan fingerprint density at radius 2 is 1.85 bits per heavy atom. The number of hydrogen-bond acceptors (Lipinski definition) is 1. The highest BCUT2D eigenvalue weighted by Crippen LogP contribution is 2.21. The van der Waals surface area contributed by atoms with E-state index in [1.807, 2.05) is 6.92 Å². The minimum absolute atomic E-state index is 0.278. The van der Waals surface area contributed by atoms with E-state index in [-0.39, 0.29) is 5.78 Å². The molecule has 0 N–H and O–H groups in total. The van der Waals surface area contributed by atoms with Gasteiger partial charge >= 0.3 is 0 Å². The molecule has 0 saturated carbocycles. The van der Waals surface area contributed by atoms with Crippen LogP contribution in [0.4, 0.5) is 0 Å². The lowest BCUT2D eigenvalue weighted by Crippen LogP contribution is -2.16. The van der Waals surface area contributed by atoms with Gasteiger partial charge < -0.3 is 0 Å². The van der Waals surface area contributed by atoms with Crippen molar-refractivity contribution in [3.05, 3.63) is 11.1 Å². The van der Waals surface area contributed by atoms with E-state index in [1.165, 1.54) is 0 Å². The normalized spacial score (nSPS) is 17.4. The van der Waals surface area contributed by atoms with Crippen molar-refractivity contribution in [3.8, 4) is 11.5 Å². The van der Waals surface area contributed by atoms with Crippen molar-refractivity contribution in [2.75, 3.05) is 0 Å². The van der Waals surface area contributed by atoms with E-state index in [0.29, 0.717) is 6.42 Å². The summed E-state index contributed by atoms with van der Waals surface area (Å²) in [6, 6.07) is 0. The van der Waals surface area contributed by atoms with Crippen LogP contribution in [0.1, 0.15) is 19.8 Å². The molecule has 0 saturated heterocycles. The Bertz CT molecular complexity index is 320. The predicted octanol–water partition coefficient (Wildman–Crippen LogP) is 2.55. The van der Waals surface area contributed by atoms with Crippen LogP contribution in [-0.4, -0.2) is 13.9 Å². The lowest BCUT2D eigenvalue weighted by Gasteiger charge is -2.03. The zero-order valence-electron chi connectivity index (χ0n) is 8.82. The molecule has 0 unspecified atom stereocenters. The molecule has 0 spiro atoms. The van der Waals surface area contributed by atoms with E-state index < -0.39 is 8.07 Å². The van der Waals surface area contributed by atoms with Gasteiger partial charge in [-0.15, -0.1) is 5.54 Å². The Kier molecular flexibility index (Phi) is 2.77. The van der Waals surface area contributed by atoms with Gasteiger partial charge in [0.25, 0.3) is 0 Å². The first-order valence-corrected chi connectivity index (χ1v) is 8.16. The van der Waals surface area contributed by atoms with E-state index in [1.54, 1.807) is 0 Å². The smallest absolute Gasteiger partial charge is 0.159 e. The second kappa shape index (κ2) is 3.51. The summed E-state index contributed by atoms with van der Waals surface area (Å²) in [7, 11) is -1.28. The third kappa shape index (κ3) is 2.85. The molecule has 1 rings (SSSR count). The standard InChI is InChI=1S/C11H16OSi/c1-9-10(5-6-11(9)12)7-8-13(2,3)4/h5-6H2,1-4H3. The molecule has 0 bridgehead atoms. The third-order valence-corrected chi connectivity index (χ3v) is 2.94. The van der Waals surface area contributed by atoms with E-state index >= 15 is 0 Å². The van der Waals surface area contributed by atoms with Crippen LogP contribution in [0.5, 0.6) is 0 Å². The molecule has 13 heavy (non-hydrogen) atoms. The van der Waals surface area contributed by atoms with Crippen molar-refractivity contribution in [1.82, 2.24) is 0 Å². The van der Waals surface area contributed by atoms with Gasteiger partial charge in [-0.1, -0.05) is 25.6 Å². The molecule has 0 heterocycles. The second-order valence-corrected chi connectivity index (χ2v) is 9.28. The molecule has 0 aromatic rings. The van der Waals surface area contributed by atoms with Gasteiger partial charge in [-0.05, 0) is 13.3 Å². The van der Waals surface area contributed by atoms with Crippen molar-refractivity contribution >= 4 is 13.9 Å². The van der Waals surface area contributed by atoms with E-state index in [4.69, 9.17) is 0 Å². The molecule has 0 aromatic heterocycles. The highest BCUT2D eigenvalue weighted by atomic mass is 28.3. The lowest BCUT2D eigenvalue weighted by atomic mass is 10.2. The van der Waals surface area contributed by atoms with Crippen molar-refractivity contribution < 1.29 is 4.79 Å². The Morgan fingerprint density at radius 3 is 2.23 bits per heavy atom. The lowest BCUT2D eigenvalue weighted by molar-refractivity contribution is -0.114. The largest absolute Gasteiger partial charge is 0.295 e. The molecule has 0 aliphatic heterocycles. The maximum absolute atomic E-state index is 11.2. The fourth-order valence-corrected chi connectivity index (χ4v) is 1.73. The van der Waals surface area contributed by atoms with Crippen LogP contribution in [0.2, 0.25) is 19.6 Å². The van der Waals surface area contributed by atoms with Gasteiger partial charge in [-0.2, -0.15) is 0 Å². The number of allylic oxidation sites excluding steroid dienone is 2. The van der Waals surface area contributed by atoms with Crippen LogP contribution in [0.3, 0.4) is 0 Å². The molecular formula is C11H16OSi. The number of hydrogen-bond donors (Lipinski definition) is 0. The molecular weight excluding hydrogens is 176 g/mol. The zero-order chi connectivity index (χ0) is 10.1. The minimum atomic E-state index is -1.28. The SMILES string of the molecule is CC1=C(C#C[Si](C)(C)C)CCC1=O. The van der Waals surface area contributed by atoms with Crippen LogP contribution in [0.15, 0.2) is 11.1 Å². The zero-order valence-corrected chi connectivity index (χ0v) is 9.82. The minimum Gasteiger partial charge on any atom is -0.295 e. The van der Waals surface area contributed by atoms with Crippen LogP contribution in [0, 0.1) is 11.5 Å². The topological polar surface area (TPSA) is 17.1 Å². The number of Topliss-reactive ketones (excluding diaryl/α,β-unsaturated/α-hetero) is 1. The van der Waals surface area contributed by atoms with Crippen molar-refractivity contribution in [2.24, 2.45) is 0 Å². The first-order chi connectivity index (χ1) is 5.90. The van der Waals surface area contributed by atoms with Gasteiger partial charge in [-0.3, -0.25) is 4.79 Å². The maximum Gasteiger partial charge on any atom is 0.159 e. The quantitative estimate of drug-likeness (QED) is 0.426. The monoisotopic (exact) mass is 192 g/mol. The first-order valence-electron chi connectivity index (χ1n) is 4.66. The van der Waals surface area contributed by atoms with Gasteiger partial charge in [0.05, 0.1) is 0 Å². The van der Waals surface area contributed by atoms with Crippen LogP contribution < -0.4 is 0 Å². The molecule has 0 amide bonds. The molecule has 0 aromatic carbocycles. The molecule has 0 atom stereocenters. The van der Waals surface area contributed by atoms with Gasteiger partial charge in [-0.25, -0.2) is 0 Å². The molecule has 70 valence electrons. The fraction of sp³-hybridized carbons (Fsp3) is 0.545. The second-order valence-electron chi connectivity index (χ2n) is 4.53. The molecule has 1 nitrogen and oxygen atoms in total. The molecule has 0 fully saturated rings. The van der Waals surface area contributed by atoms with Crippen LogP contribution >= 0.6 is 0 Å². The number of rotatable bonds is 0. The highest BCUT2D eigenvalue weighted by Gasteiger charge is 2.17. The average molecular weight is 192 g/mol. The summed E-state index contributed by atoms with van der Waals surface area (Å²) in [5.74, 6) is 3.45. The van der Waals surface area contributed by atoms with E-state index in [9.17, 15) is 4.79 Å². The number of carbonyl (C=O) groups excluding carboxylic acids is 1. The molecule has 2 heteroatoms. The number of carbonyl (C=O) groups is 1. The molecule has 1 aliphatic rings. The summed E-state index contributed by atoms with van der Waals surface area (Å²) in [5, 5.41) is 0. The summed E-state index contributed by atoms with van der Waals surface area (Å²) in [4.78, 5) is 11.2. The Labute approximate surface area is 81.2 Å². The van der Waals surface area contributed by atoms with Gasteiger partial charge in [0.2, 0.25) is 0 Å². The van der Waals surface area contributed by atoms with Crippen molar-refractivity contribution in [1.29, 1.82) is 0 Å². The van der Waals surface area contributed by atoms with E-state index in [0.717, 1.165) is 17.6 Å². The van der Waals surface area contributed by atoms with Gasteiger partial charge in [0, 0.05) is 17.6 Å².